The minimum atomic E-state index is -4.40. The molecule has 0 atom stereocenters. The number of benzene rings is 1. The second-order valence-electron chi connectivity index (χ2n) is 6.10. The first-order chi connectivity index (χ1) is 11.7. The van der Waals surface area contributed by atoms with E-state index in [0.29, 0.717) is 18.9 Å². The number of nitrogens with zero attached hydrogens (tertiary/aromatic N) is 1. The molecule has 1 amide bonds. The van der Waals surface area contributed by atoms with Crippen molar-refractivity contribution in [1.29, 1.82) is 0 Å². The van der Waals surface area contributed by atoms with Crippen LogP contribution in [0, 0.1) is 0 Å². The van der Waals surface area contributed by atoms with Gasteiger partial charge in [0.15, 0.2) is 0 Å². The van der Waals surface area contributed by atoms with Gasteiger partial charge in [-0.1, -0.05) is 30.3 Å². The molecule has 1 aromatic carbocycles. The molecule has 2 rings (SSSR count). The third kappa shape index (κ3) is 4.95. The number of nitrogens with one attached hydrogen (secondary N) is 2. The highest BCUT2D eigenvalue weighted by Crippen LogP contribution is 2.28. The summed E-state index contributed by atoms with van der Waals surface area (Å²) in [4.78, 5) is 16.1. The SMILES string of the molecule is CC(C)(C(=O)NCCNc1ccc(C(F)(F)F)cn1)c1ccccc1. The number of halogens is 3. The zero-order chi connectivity index (χ0) is 18.5. The van der Waals surface area contributed by atoms with E-state index in [1.807, 2.05) is 44.2 Å². The van der Waals surface area contributed by atoms with Crippen LogP contribution >= 0.6 is 0 Å². The summed E-state index contributed by atoms with van der Waals surface area (Å²) in [6.45, 7) is 4.36. The van der Waals surface area contributed by atoms with Crippen LogP contribution in [0.3, 0.4) is 0 Å². The quantitative estimate of drug-likeness (QED) is 0.782. The summed E-state index contributed by atoms with van der Waals surface area (Å²) >= 11 is 0. The lowest BCUT2D eigenvalue weighted by atomic mass is 9.84. The molecule has 134 valence electrons. The molecular weight excluding hydrogens is 331 g/mol. The summed E-state index contributed by atoms with van der Waals surface area (Å²) in [5.74, 6) is 0.199. The van der Waals surface area contributed by atoms with Gasteiger partial charge in [0.05, 0.1) is 11.0 Å². The van der Waals surface area contributed by atoms with Gasteiger partial charge in [0, 0.05) is 19.3 Å². The zero-order valence-electron chi connectivity index (χ0n) is 14.0. The summed E-state index contributed by atoms with van der Waals surface area (Å²) in [6, 6.07) is 11.7. The van der Waals surface area contributed by atoms with Crippen molar-refractivity contribution in [2.24, 2.45) is 0 Å². The number of carbonyl (C=O) groups is 1. The summed E-state index contributed by atoms with van der Waals surface area (Å²) in [7, 11) is 0. The van der Waals surface area contributed by atoms with Gasteiger partial charge in [-0.3, -0.25) is 4.79 Å². The number of carbonyl (C=O) groups excluding carboxylic acids is 1. The Bertz CT molecular complexity index is 698. The Hall–Kier alpha value is -2.57. The molecular formula is C18H20F3N3O. The van der Waals surface area contributed by atoms with Crippen molar-refractivity contribution < 1.29 is 18.0 Å². The molecule has 7 heteroatoms. The second kappa shape index (κ2) is 7.55. The van der Waals surface area contributed by atoms with Crippen molar-refractivity contribution in [3.63, 3.8) is 0 Å². The molecule has 0 bridgehead atoms. The highest BCUT2D eigenvalue weighted by molar-refractivity contribution is 5.87. The molecule has 0 saturated carbocycles. The first-order valence-electron chi connectivity index (χ1n) is 7.82. The van der Waals surface area contributed by atoms with Gasteiger partial charge in [-0.15, -0.1) is 0 Å². The number of amides is 1. The number of rotatable bonds is 6. The third-order valence-corrected chi connectivity index (χ3v) is 3.87. The zero-order valence-corrected chi connectivity index (χ0v) is 14.0. The van der Waals surface area contributed by atoms with E-state index < -0.39 is 17.2 Å². The molecule has 0 unspecified atom stereocenters. The topological polar surface area (TPSA) is 54.0 Å². The second-order valence-corrected chi connectivity index (χ2v) is 6.10. The van der Waals surface area contributed by atoms with Gasteiger partial charge in [0.1, 0.15) is 5.82 Å². The molecule has 4 nitrogen and oxygen atoms in total. The van der Waals surface area contributed by atoms with Crippen LogP contribution in [0.2, 0.25) is 0 Å². The van der Waals surface area contributed by atoms with Crippen molar-refractivity contribution in [1.82, 2.24) is 10.3 Å². The van der Waals surface area contributed by atoms with Crippen LogP contribution in [0.15, 0.2) is 48.7 Å². The molecule has 2 N–H and O–H groups in total. The number of hydrogen-bond donors (Lipinski definition) is 2. The van der Waals surface area contributed by atoms with E-state index in [1.54, 1.807) is 0 Å². The molecule has 25 heavy (non-hydrogen) atoms. The van der Waals surface area contributed by atoms with Crippen molar-refractivity contribution in [3.05, 3.63) is 59.8 Å². The summed E-state index contributed by atoms with van der Waals surface area (Å²) < 4.78 is 37.4. The normalized spacial score (nSPS) is 11.9. The standard InChI is InChI=1S/C18H20F3N3O/c1-17(2,13-6-4-3-5-7-13)16(25)23-11-10-22-15-9-8-14(12-24-15)18(19,20)21/h3-9,12H,10-11H2,1-2H3,(H,22,24)(H,23,25). The van der Waals surface area contributed by atoms with Crippen LogP contribution < -0.4 is 10.6 Å². The molecule has 0 saturated heterocycles. The number of alkyl halides is 3. The molecule has 1 heterocycles. The Morgan fingerprint density at radius 2 is 1.68 bits per heavy atom. The largest absolute Gasteiger partial charge is 0.417 e. The van der Waals surface area contributed by atoms with Crippen molar-refractivity contribution in [2.45, 2.75) is 25.4 Å². The van der Waals surface area contributed by atoms with Gasteiger partial charge in [-0.2, -0.15) is 13.2 Å². The van der Waals surface area contributed by atoms with E-state index in [0.717, 1.165) is 17.8 Å². The van der Waals surface area contributed by atoms with Crippen LogP contribution in [-0.4, -0.2) is 24.0 Å². The first kappa shape index (κ1) is 18.8. The predicted octanol–water partition coefficient (Wildman–Crippen LogP) is 3.61. The molecule has 0 radical (unpaired) electrons. The van der Waals surface area contributed by atoms with Crippen molar-refractivity contribution in [2.75, 3.05) is 18.4 Å². The fourth-order valence-corrected chi connectivity index (χ4v) is 2.24. The molecule has 2 aromatic rings. The molecule has 0 aliphatic rings. The van der Waals surface area contributed by atoms with Crippen molar-refractivity contribution >= 4 is 11.7 Å². The van der Waals surface area contributed by atoms with E-state index >= 15 is 0 Å². The molecule has 0 fully saturated rings. The average Bonchev–Trinajstić information content (AvgIpc) is 2.59. The van der Waals surface area contributed by atoms with Crippen LogP contribution in [0.1, 0.15) is 25.0 Å². The maximum atomic E-state index is 12.5. The van der Waals surface area contributed by atoms with E-state index in [-0.39, 0.29) is 5.91 Å². The van der Waals surface area contributed by atoms with Gasteiger partial charge in [0.2, 0.25) is 5.91 Å². The van der Waals surface area contributed by atoms with E-state index in [9.17, 15) is 18.0 Å². The number of hydrogen-bond acceptors (Lipinski definition) is 3. The number of anilines is 1. The fourth-order valence-electron chi connectivity index (χ4n) is 2.24. The smallest absolute Gasteiger partial charge is 0.368 e. The van der Waals surface area contributed by atoms with E-state index in [2.05, 4.69) is 15.6 Å². The Kier molecular flexibility index (Phi) is 5.66. The highest BCUT2D eigenvalue weighted by atomic mass is 19.4. The van der Waals surface area contributed by atoms with Gasteiger partial charge < -0.3 is 10.6 Å². The Morgan fingerprint density at radius 1 is 1.00 bits per heavy atom. The van der Waals surface area contributed by atoms with Gasteiger partial charge in [-0.25, -0.2) is 4.98 Å². The van der Waals surface area contributed by atoms with Crippen LogP contribution in [0.4, 0.5) is 19.0 Å². The minimum absolute atomic E-state index is 0.124. The molecule has 1 aromatic heterocycles. The summed E-state index contributed by atoms with van der Waals surface area (Å²) in [6.07, 6.45) is -3.62. The fraction of sp³-hybridized carbons (Fsp3) is 0.333. The summed E-state index contributed by atoms with van der Waals surface area (Å²) in [5, 5.41) is 5.69. The monoisotopic (exact) mass is 351 g/mol. The number of aromatic nitrogens is 1. The van der Waals surface area contributed by atoms with E-state index in [4.69, 9.17) is 0 Å². The first-order valence-corrected chi connectivity index (χ1v) is 7.82. The predicted molar refractivity (Wildman–Crippen MR) is 90.2 cm³/mol. The Labute approximate surface area is 144 Å². The van der Waals surface area contributed by atoms with Crippen LogP contribution in [0.5, 0.6) is 0 Å². The van der Waals surface area contributed by atoms with Gasteiger partial charge >= 0.3 is 6.18 Å². The molecule has 0 aliphatic carbocycles. The molecule has 0 spiro atoms. The number of pyridine rings is 1. The van der Waals surface area contributed by atoms with Crippen LogP contribution in [-0.2, 0) is 16.4 Å². The maximum Gasteiger partial charge on any atom is 0.417 e. The Morgan fingerprint density at radius 3 is 2.24 bits per heavy atom. The Balaban J connectivity index is 1.82. The maximum absolute atomic E-state index is 12.5. The summed E-state index contributed by atoms with van der Waals surface area (Å²) in [5.41, 5.74) is -0.561. The van der Waals surface area contributed by atoms with E-state index in [1.165, 1.54) is 6.07 Å². The van der Waals surface area contributed by atoms with Crippen LogP contribution in [0.25, 0.3) is 0 Å². The average molecular weight is 351 g/mol. The lowest BCUT2D eigenvalue weighted by Gasteiger charge is -2.24. The van der Waals surface area contributed by atoms with Gasteiger partial charge in [0.25, 0.3) is 0 Å². The third-order valence-electron chi connectivity index (χ3n) is 3.87. The highest BCUT2D eigenvalue weighted by Gasteiger charge is 2.31. The lowest BCUT2D eigenvalue weighted by molar-refractivity contribution is -0.137. The lowest BCUT2D eigenvalue weighted by Crippen LogP contribution is -2.41. The minimum Gasteiger partial charge on any atom is -0.368 e. The van der Waals surface area contributed by atoms with Crippen molar-refractivity contribution in [3.8, 4) is 0 Å². The van der Waals surface area contributed by atoms with Gasteiger partial charge in [-0.05, 0) is 31.5 Å². The molecule has 0 aliphatic heterocycles.